The summed E-state index contributed by atoms with van der Waals surface area (Å²) in [5, 5.41) is 17.0. The van der Waals surface area contributed by atoms with Gasteiger partial charge in [0.05, 0.1) is 23.9 Å². The van der Waals surface area contributed by atoms with Crippen molar-refractivity contribution in [3.63, 3.8) is 0 Å². The molecule has 4 nitrogen and oxygen atoms in total. The molecule has 0 aliphatic heterocycles. The van der Waals surface area contributed by atoms with E-state index in [0.29, 0.717) is 6.07 Å². The molecule has 0 aromatic carbocycles. The van der Waals surface area contributed by atoms with Crippen LogP contribution in [0.25, 0.3) is 0 Å². The Morgan fingerprint density at radius 2 is 2.13 bits per heavy atom. The standard InChI is InChI=1S/C9H5F2N3O/c10-9(11)7-3-8(15)5(4-13)6(14-7)1-2-12/h3,9H,1H2,(H,14,15). The minimum Gasteiger partial charge on any atom is -0.355 e. The molecule has 1 heterocycles. The number of H-pyrrole nitrogens is 1. The van der Waals surface area contributed by atoms with Gasteiger partial charge >= 0.3 is 0 Å². The lowest BCUT2D eigenvalue weighted by atomic mass is 10.1. The molecule has 0 unspecified atom stereocenters. The van der Waals surface area contributed by atoms with Gasteiger partial charge in [0, 0.05) is 6.07 Å². The molecule has 0 spiro atoms. The van der Waals surface area contributed by atoms with Gasteiger partial charge in [-0.15, -0.1) is 0 Å². The van der Waals surface area contributed by atoms with Crippen LogP contribution in [0.2, 0.25) is 0 Å². The molecule has 15 heavy (non-hydrogen) atoms. The lowest BCUT2D eigenvalue weighted by Gasteiger charge is -2.03. The van der Waals surface area contributed by atoms with Gasteiger partial charge in [-0.2, -0.15) is 10.5 Å². The van der Waals surface area contributed by atoms with Crippen molar-refractivity contribution in [2.75, 3.05) is 0 Å². The molecule has 1 N–H and O–H groups in total. The predicted octanol–water partition coefficient (Wildman–Crippen LogP) is 1.25. The predicted molar refractivity (Wildman–Crippen MR) is 46.1 cm³/mol. The largest absolute Gasteiger partial charge is 0.355 e. The fourth-order valence-electron chi connectivity index (χ4n) is 1.09. The maximum atomic E-state index is 12.3. The van der Waals surface area contributed by atoms with Crippen LogP contribution in [0, 0.1) is 22.7 Å². The molecule has 76 valence electrons. The first-order valence-corrected chi connectivity index (χ1v) is 3.91. The number of hydrogen-bond donors (Lipinski definition) is 1. The van der Waals surface area contributed by atoms with Crippen LogP contribution < -0.4 is 5.43 Å². The number of nitrogens with one attached hydrogen (secondary N) is 1. The van der Waals surface area contributed by atoms with Crippen molar-refractivity contribution in [2.24, 2.45) is 0 Å². The Morgan fingerprint density at radius 3 is 2.60 bits per heavy atom. The molecule has 1 aromatic heterocycles. The molecule has 0 radical (unpaired) electrons. The van der Waals surface area contributed by atoms with Gasteiger partial charge in [0.2, 0.25) is 0 Å². The van der Waals surface area contributed by atoms with Crippen molar-refractivity contribution in [3.05, 3.63) is 33.2 Å². The fourth-order valence-corrected chi connectivity index (χ4v) is 1.09. The molecule has 0 bridgehead atoms. The number of alkyl halides is 2. The SMILES string of the molecule is N#CCc1[nH]c(C(F)F)cc(=O)c1C#N. The first kappa shape index (κ1) is 10.9. The molecular formula is C9H5F2N3O. The van der Waals surface area contributed by atoms with E-state index in [1.54, 1.807) is 12.1 Å². The first-order chi connectivity index (χ1) is 7.10. The Kier molecular flexibility index (Phi) is 3.14. The number of nitriles is 2. The number of pyridine rings is 1. The third-order valence-electron chi connectivity index (χ3n) is 1.73. The number of halogens is 2. The van der Waals surface area contributed by atoms with Gasteiger partial charge in [-0.1, -0.05) is 0 Å². The van der Waals surface area contributed by atoms with E-state index in [9.17, 15) is 13.6 Å². The highest BCUT2D eigenvalue weighted by atomic mass is 19.3. The minimum absolute atomic E-state index is 0.0669. The third kappa shape index (κ3) is 2.18. The van der Waals surface area contributed by atoms with E-state index in [-0.39, 0.29) is 17.7 Å². The second-order valence-electron chi connectivity index (χ2n) is 2.69. The smallest absolute Gasteiger partial charge is 0.278 e. The molecule has 0 aliphatic rings. The summed E-state index contributed by atoms with van der Waals surface area (Å²) in [6, 6.07) is 3.93. The van der Waals surface area contributed by atoms with E-state index in [4.69, 9.17) is 10.5 Å². The maximum Gasteiger partial charge on any atom is 0.278 e. The Hall–Kier alpha value is -2.21. The fraction of sp³-hybridized carbons (Fsp3) is 0.222. The Balaban J connectivity index is 3.42. The van der Waals surface area contributed by atoms with E-state index in [2.05, 4.69) is 4.98 Å². The second-order valence-corrected chi connectivity index (χ2v) is 2.69. The molecule has 0 aliphatic carbocycles. The van der Waals surface area contributed by atoms with E-state index in [1.807, 2.05) is 0 Å². The average molecular weight is 209 g/mol. The van der Waals surface area contributed by atoms with Crippen molar-refractivity contribution in [3.8, 4) is 12.1 Å². The quantitative estimate of drug-likeness (QED) is 0.795. The third-order valence-corrected chi connectivity index (χ3v) is 1.73. The van der Waals surface area contributed by atoms with Crippen molar-refractivity contribution >= 4 is 0 Å². The van der Waals surface area contributed by atoms with Gasteiger partial charge in [-0.25, -0.2) is 8.78 Å². The molecule has 0 amide bonds. The van der Waals surface area contributed by atoms with Crippen LogP contribution in [-0.2, 0) is 6.42 Å². The minimum atomic E-state index is -2.83. The summed E-state index contributed by atoms with van der Waals surface area (Å²) < 4.78 is 24.5. The first-order valence-electron chi connectivity index (χ1n) is 3.91. The number of aromatic nitrogens is 1. The Morgan fingerprint density at radius 1 is 1.47 bits per heavy atom. The summed E-state index contributed by atoms with van der Waals surface area (Å²) in [6.07, 6.45) is -3.11. The van der Waals surface area contributed by atoms with Crippen LogP contribution in [0.5, 0.6) is 0 Å². The summed E-state index contributed by atoms with van der Waals surface area (Å²) in [6.45, 7) is 0. The molecule has 0 saturated carbocycles. The lowest BCUT2D eigenvalue weighted by molar-refractivity contribution is 0.145. The zero-order valence-corrected chi connectivity index (χ0v) is 7.42. The molecule has 1 rings (SSSR count). The molecular weight excluding hydrogens is 204 g/mol. The summed E-state index contributed by atoms with van der Waals surface area (Å²) in [5.74, 6) is 0. The summed E-state index contributed by atoms with van der Waals surface area (Å²) in [4.78, 5) is 13.4. The second kappa shape index (κ2) is 4.34. The molecule has 0 atom stereocenters. The normalized spacial score (nSPS) is 9.67. The lowest BCUT2D eigenvalue weighted by Crippen LogP contribution is -2.13. The highest BCUT2D eigenvalue weighted by molar-refractivity contribution is 5.35. The summed E-state index contributed by atoms with van der Waals surface area (Å²) >= 11 is 0. The highest BCUT2D eigenvalue weighted by Gasteiger charge is 2.14. The number of aromatic amines is 1. The summed E-state index contributed by atoms with van der Waals surface area (Å²) in [7, 11) is 0. The molecule has 0 fully saturated rings. The zero-order chi connectivity index (χ0) is 11.4. The van der Waals surface area contributed by atoms with Gasteiger partial charge in [-0.05, 0) is 0 Å². The molecule has 6 heteroatoms. The van der Waals surface area contributed by atoms with Crippen LogP contribution >= 0.6 is 0 Å². The highest BCUT2D eigenvalue weighted by Crippen LogP contribution is 2.15. The number of nitrogens with zero attached hydrogens (tertiary/aromatic N) is 2. The molecule has 1 aromatic rings. The van der Waals surface area contributed by atoms with Gasteiger partial charge in [-0.3, -0.25) is 4.79 Å². The maximum absolute atomic E-state index is 12.3. The van der Waals surface area contributed by atoms with Crippen LogP contribution in [0.1, 0.15) is 23.4 Å². The van der Waals surface area contributed by atoms with Gasteiger partial charge < -0.3 is 4.98 Å². The number of hydrogen-bond acceptors (Lipinski definition) is 3. The van der Waals surface area contributed by atoms with Crippen molar-refractivity contribution in [1.82, 2.24) is 4.98 Å². The van der Waals surface area contributed by atoms with Gasteiger partial charge in [0.25, 0.3) is 6.43 Å². The van der Waals surface area contributed by atoms with Gasteiger partial charge in [0.15, 0.2) is 5.43 Å². The van der Waals surface area contributed by atoms with Crippen molar-refractivity contribution in [2.45, 2.75) is 12.8 Å². The van der Waals surface area contributed by atoms with E-state index in [0.717, 1.165) is 0 Å². The summed E-state index contributed by atoms with van der Waals surface area (Å²) in [5.41, 5.74) is -1.73. The van der Waals surface area contributed by atoms with E-state index in [1.165, 1.54) is 0 Å². The monoisotopic (exact) mass is 209 g/mol. The Bertz CT molecular complexity index is 508. The van der Waals surface area contributed by atoms with Crippen molar-refractivity contribution in [1.29, 1.82) is 10.5 Å². The van der Waals surface area contributed by atoms with Crippen LogP contribution in [-0.4, -0.2) is 4.98 Å². The van der Waals surface area contributed by atoms with E-state index < -0.39 is 17.5 Å². The van der Waals surface area contributed by atoms with Gasteiger partial charge in [0.1, 0.15) is 11.6 Å². The van der Waals surface area contributed by atoms with Crippen molar-refractivity contribution < 1.29 is 8.78 Å². The van der Waals surface area contributed by atoms with Crippen LogP contribution in [0.15, 0.2) is 10.9 Å². The topological polar surface area (TPSA) is 80.4 Å². The van der Waals surface area contributed by atoms with E-state index >= 15 is 0 Å². The Labute approximate surface area is 83.4 Å². The molecule has 0 saturated heterocycles. The van der Waals surface area contributed by atoms with Crippen LogP contribution in [0.4, 0.5) is 8.78 Å². The average Bonchev–Trinajstić information content (AvgIpc) is 2.17. The van der Waals surface area contributed by atoms with Crippen LogP contribution in [0.3, 0.4) is 0 Å². The zero-order valence-electron chi connectivity index (χ0n) is 7.42. The number of rotatable bonds is 2.